The minimum atomic E-state index is -0.101. The molecular formula is C16H14N4OS3. The highest BCUT2D eigenvalue weighted by Gasteiger charge is 2.19. The third-order valence-corrected chi connectivity index (χ3v) is 5.98. The van der Waals surface area contributed by atoms with Crippen LogP contribution in [-0.2, 0) is 17.6 Å². The number of imidazole rings is 1. The van der Waals surface area contributed by atoms with Gasteiger partial charge < -0.3 is 5.32 Å². The average molecular weight is 375 g/mol. The van der Waals surface area contributed by atoms with Crippen molar-refractivity contribution in [3.05, 3.63) is 62.4 Å². The van der Waals surface area contributed by atoms with Gasteiger partial charge in [-0.2, -0.15) is 11.3 Å². The standard InChI is InChI=1S/C16H14N4OS3/c21-14(8-12-9-20-3-6-24-16(20)18-12)19-13(15-17-2-5-23-15)7-11-1-4-22-10-11/h1-6,9-10,13H,7-8H2,(H,19,21). The van der Waals surface area contributed by atoms with E-state index >= 15 is 0 Å². The molecule has 4 heterocycles. The topological polar surface area (TPSA) is 59.3 Å². The van der Waals surface area contributed by atoms with E-state index in [1.165, 1.54) is 5.56 Å². The molecule has 0 aliphatic carbocycles. The van der Waals surface area contributed by atoms with Gasteiger partial charge in [0.15, 0.2) is 4.96 Å². The van der Waals surface area contributed by atoms with Crippen LogP contribution in [0.2, 0.25) is 0 Å². The van der Waals surface area contributed by atoms with Crippen molar-refractivity contribution >= 4 is 44.9 Å². The van der Waals surface area contributed by atoms with Crippen molar-refractivity contribution in [3.8, 4) is 0 Å². The number of nitrogens with zero attached hydrogens (tertiary/aromatic N) is 3. The lowest BCUT2D eigenvalue weighted by Gasteiger charge is -2.15. The third-order valence-electron chi connectivity index (χ3n) is 3.59. The molecule has 8 heteroatoms. The lowest BCUT2D eigenvalue weighted by molar-refractivity contribution is -0.121. The molecule has 0 aliphatic rings. The number of nitrogens with one attached hydrogen (secondary N) is 1. The second-order valence-electron chi connectivity index (χ2n) is 5.33. The molecule has 0 fully saturated rings. The van der Waals surface area contributed by atoms with Gasteiger partial charge in [0.25, 0.3) is 0 Å². The fourth-order valence-corrected chi connectivity index (χ4v) is 4.61. The number of carbonyl (C=O) groups is 1. The Morgan fingerprint density at radius 2 is 2.25 bits per heavy atom. The van der Waals surface area contributed by atoms with Crippen LogP contribution in [0, 0.1) is 0 Å². The van der Waals surface area contributed by atoms with Crippen LogP contribution in [0.25, 0.3) is 4.96 Å². The maximum absolute atomic E-state index is 12.5. The maximum Gasteiger partial charge on any atom is 0.226 e. The van der Waals surface area contributed by atoms with Crippen molar-refractivity contribution in [2.24, 2.45) is 0 Å². The Labute approximate surface area is 150 Å². The Kier molecular flexibility index (Phi) is 4.42. The highest BCUT2D eigenvalue weighted by Crippen LogP contribution is 2.22. The van der Waals surface area contributed by atoms with Crippen LogP contribution in [0.15, 0.2) is 46.2 Å². The Morgan fingerprint density at radius 3 is 3.00 bits per heavy atom. The number of hydrogen-bond donors (Lipinski definition) is 1. The predicted octanol–water partition coefficient (Wildman–Crippen LogP) is 3.56. The summed E-state index contributed by atoms with van der Waals surface area (Å²) in [6.45, 7) is 0. The largest absolute Gasteiger partial charge is 0.346 e. The van der Waals surface area contributed by atoms with Crippen molar-refractivity contribution in [1.82, 2.24) is 19.7 Å². The van der Waals surface area contributed by atoms with Crippen molar-refractivity contribution in [2.75, 3.05) is 0 Å². The zero-order chi connectivity index (χ0) is 16.4. The highest BCUT2D eigenvalue weighted by atomic mass is 32.1. The number of carbonyl (C=O) groups excluding carboxylic acids is 1. The molecule has 4 aromatic heterocycles. The molecule has 0 saturated heterocycles. The molecule has 5 nitrogen and oxygen atoms in total. The van der Waals surface area contributed by atoms with Crippen molar-refractivity contribution < 1.29 is 4.79 Å². The van der Waals surface area contributed by atoms with Gasteiger partial charge in [0.2, 0.25) is 5.91 Å². The van der Waals surface area contributed by atoms with Gasteiger partial charge in [-0.15, -0.1) is 22.7 Å². The maximum atomic E-state index is 12.5. The normalized spacial score (nSPS) is 12.5. The zero-order valence-corrected chi connectivity index (χ0v) is 15.0. The smallest absolute Gasteiger partial charge is 0.226 e. The number of fused-ring (bicyclic) bond motifs is 1. The highest BCUT2D eigenvalue weighted by molar-refractivity contribution is 7.15. The molecule has 1 atom stereocenters. The summed E-state index contributed by atoms with van der Waals surface area (Å²) in [5.41, 5.74) is 2.00. The quantitative estimate of drug-likeness (QED) is 0.561. The van der Waals surface area contributed by atoms with E-state index in [1.54, 1.807) is 40.2 Å². The number of thiophene rings is 1. The molecule has 0 aromatic carbocycles. The number of rotatable bonds is 6. The first-order valence-electron chi connectivity index (χ1n) is 7.39. The molecule has 1 amide bonds. The van der Waals surface area contributed by atoms with Crippen LogP contribution in [0.4, 0.5) is 0 Å². The van der Waals surface area contributed by atoms with Gasteiger partial charge in [0, 0.05) is 35.8 Å². The molecule has 0 radical (unpaired) electrons. The summed E-state index contributed by atoms with van der Waals surface area (Å²) < 4.78 is 1.94. The Morgan fingerprint density at radius 1 is 1.29 bits per heavy atom. The predicted molar refractivity (Wildman–Crippen MR) is 97.8 cm³/mol. The van der Waals surface area contributed by atoms with E-state index in [1.807, 2.05) is 32.9 Å². The van der Waals surface area contributed by atoms with Crippen LogP contribution in [0.1, 0.15) is 22.3 Å². The second-order valence-corrected chi connectivity index (χ2v) is 7.91. The van der Waals surface area contributed by atoms with E-state index in [4.69, 9.17) is 0 Å². The lowest BCUT2D eigenvalue weighted by Crippen LogP contribution is -2.31. The fourth-order valence-electron chi connectivity index (χ4n) is 2.52. The molecule has 4 rings (SSSR count). The first-order valence-corrected chi connectivity index (χ1v) is 10.1. The van der Waals surface area contributed by atoms with Crippen molar-refractivity contribution in [2.45, 2.75) is 18.9 Å². The molecule has 0 spiro atoms. The molecule has 0 aliphatic heterocycles. The van der Waals surface area contributed by atoms with Gasteiger partial charge in [-0.05, 0) is 22.4 Å². The first-order chi connectivity index (χ1) is 11.8. The van der Waals surface area contributed by atoms with E-state index in [0.717, 1.165) is 22.1 Å². The lowest BCUT2D eigenvalue weighted by atomic mass is 10.1. The van der Waals surface area contributed by atoms with Crippen LogP contribution in [0.3, 0.4) is 0 Å². The summed E-state index contributed by atoms with van der Waals surface area (Å²) in [6, 6.07) is 1.98. The van der Waals surface area contributed by atoms with Gasteiger partial charge in [0.05, 0.1) is 18.2 Å². The molecular weight excluding hydrogens is 360 g/mol. The monoisotopic (exact) mass is 374 g/mol. The zero-order valence-electron chi connectivity index (χ0n) is 12.6. The third kappa shape index (κ3) is 3.40. The molecule has 24 heavy (non-hydrogen) atoms. The van der Waals surface area contributed by atoms with Crippen molar-refractivity contribution in [1.29, 1.82) is 0 Å². The van der Waals surface area contributed by atoms with E-state index in [9.17, 15) is 4.79 Å². The minimum Gasteiger partial charge on any atom is -0.346 e. The van der Waals surface area contributed by atoms with E-state index in [0.29, 0.717) is 0 Å². The van der Waals surface area contributed by atoms with E-state index in [-0.39, 0.29) is 18.4 Å². The van der Waals surface area contributed by atoms with E-state index < -0.39 is 0 Å². The van der Waals surface area contributed by atoms with Crippen molar-refractivity contribution in [3.63, 3.8) is 0 Å². The summed E-state index contributed by atoms with van der Waals surface area (Å²) in [7, 11) is 0. The fraction of sp³-hybridized carbons (Fsp3) is 0.188. The van der Waals surface area contributed by atoms with Gasteiger partial charge in [-0.1, -0.05) is 0 Å². The number of hydrogen-bond acceptors (Lipinski definition) is 6. The Bertz CT molecular complexity index is 895. The molecule has 122 valence electrons. The number of amides is 1. The summed E-state index contributed by atoms with van der Waals surface area (Å²) >= 11 is 4.79. The van der Waals surface area contributed by atoms with Crippen LogP contribution < -0.4 is 5.32 Å². The number of aromatic nitrogens is 3. The van der Waals surface area contributed by atoms with Gasteiger partial charge in [0.1, 0.15) is 5.01 Å². The molecule has 0 bridgehead atoms. The molecule has 1 N–H and O–H groups in total. The van der Waals surface area contributed by atoms with Crippen LogP contribution in [-0.4, -0.2) is 20.3 Å². The summed E-state index contributed by atoms with van der Waals surface area (Å²) in [4.78, 5) is 22.2. The average Bonchev–Trinajstić information content (AvgIpc) is 3.31. The summed E-state index contributed by atoms with van der Waals surface area (Å²) in [5.74, 6) is -0.0313. The van der Waals surface area contributed by atoms with Gasteiger partial charge in [-0.3, -0.25) is 9.20 Å². The Hall–Kier alpha value is -2.03. The second kappa shape index (κ2) is 6.84. The van der Waals surface area contributed by atoms with Gasteiger partial charge >= 0.3 is 0 Å². The first kappa shape index (κ1) is 15.5. The molecule has 1 unspecified atom stereocenters. The molecule has 0 saturated carbocycles. The van der Waals surface area contributed by atoms with Gasteiger partial charge in [-0.25, -0.2) is 9.97 Å². The number of thiazole rings is 2. The molecule has 4 aromatic rings. The Balaban J connectivity index is 1.47. The van der Waals surface area contributed by atoms with Crippen LogP contribution >= 0.6 is 34.0 Å². The van der Waals surface area contributed by atoms with Crippen LogP contribution in [0.5, 0.6) is 0 Å². The SMILES string of the molecule is O=C(Cc1cn2ccsc2n1)NC(Cc1ccsc1)c1nccs1. The minimum absolute atomic E-state index is 0.0313. The summed E-state index contributed by atoms with van der Waals surface area (Å²) in [5, 5.41) is 12.1. The van der Waals surface area contributed by atoms with E-state index in [2.05, 4.69) is 26.7 Å². The summed E-state index contributed by atoms with van der Waals surface area (Å²) in [6.07, 6.45) is 6.66.